The number of nitrogens with zero attached hydrogens (tertiary/aromatic N) is 1. The van der Waals surface area contributed by atoms with E-state index in [9.17, 15) is 0 Å². The highest BCUT2D eigenvalue weighted by Gasteiger charge is 2.35. The van der Waals surface area contributed by atoms with Gasteiger partial charge >= 0.3 is 0 Å². The van der Waals surface area contributed by atoms with Gasteiger partial charge in [-0.2, -0.15) is 0 Å². The molecule has 3 nitrogen and oxygen atoms in total. The zero-order valence-corrected chi connectivity index (χ0v) is 13.4. The Bertz CT molecular complexity index is 245. The van der Waals surface area contributed by atoms with Crippen LogP contribution in [-0.4, -0.2) is 49.8 Å². The van der Waals surface area contributed by atoms with Gasteiger partial charge in [-0.15, -0.1) is 0 Å². The van der Waals surface area contributed by atoms with E-state index in [-0.39, 0.29) is 6.61 Å². The van der Waals surface area contributed by atoms with Gasteiger partial charge < -0.3 is 15.3 Å². The summed E-state index contributed by atoms with van der Waals surface area (Å²) in [6.45, 7) is 11.3. The summed E-state index contributed by atoms with van der Waals surface area (Å²) in [5.74, 6) is 1.56. The van der Waals surface area contributed by atoms with Crippen LogP contribution in [0.4, 0.5) is 0 Å². The van der Waals surface area contributed by atoms with Crippen molar-refractivity contribution in [2.24, 2.45) is 17.3 Å². The van der Waals surface area contributed by atoms with Crippen molar-refractivity contribution in [1.82, 2.24) is 10.2 Å². The molecule has 0 aromatic carbocycles. The zero-order chi connectivity index (χ0) is 14.3. The number of hydrogen-bond acceptors (Lipinski definition) is 3. The second-order valence-electron chi connectivity index (χ2n) is 7.19. The molecule has 0 amide bonds. The summed E-state index contributed by atoms with van der Waals surface area (Å²) in [5.41, 5.74) is 0.413. The normalized spacial score (nSPS) is 28.3. The third-order valence-corrected chi connectivity index (χ3v) is 4.33. The first-order valence-corrected chi connectivity index (χ1v) is 7.97. The highest BCUT2D eigenvalue weighted by atomic mass is 16.3. The van der Waals surface area contributed by atoms with Gasteiger partial charge in [-0.3, -0.25) is 0 Å². The van der Waals surface area contributed by atoms with Crippen molar-refractivity contribution in [2.75, 3.05) is 39.8 Å². The van der Waals surface area contributed by atoms with E-state index in [0.29, 0.717) is 11.3 Å². The highest BCUT2D eigenvalue weighted by molar-refractivity contribution is 4.89. The monoisotopic (exact) mass is 270 g/mol. The van der Waals surface area contributed by atoms with Crippen molar-refractivity contribution < 1.29 is 5.11 Å². The second kappa shape index (κ2) is 8.23. The van der Waals surface area contributed by atoms with Crippen LogP contribution in [0.3, 0.4) is 0 Å². The third kappa shape index (κ3) is 6.24. The van der Waals surface area contributed by atoms with Crippen LogP contribution in [0.2, 0.25) is 0 Å². The van der Waals surface area contributed by atoms with Crippen molar-refractivity contribution in [3.05, 3.63) is 0 Å². The zero-order valence-electron chi connectivity index (χ0n) is 13.4. The largest absolute Gasteiger partial charge is 0.395 e. The van der Waals surface area contributed by atoms with E-state index in [2.05, 4.69) is 38.0 Å². The fourth-order valence-corrected chi connectivity index (χ4v) is 3.58. The van der Waals surface area contributed by atoms with Gasteiger partial charge in [-0.1, -0.05) is 33.6 Å². The molecule has 2 N–H and O–H groups in total. The minimum absolute atomic E-state index is 0.265. The summed E-state index contributed by atoms with van der Waals surface area (Å²) in [4.78, 5) is 2.30. The van der Waals surface area contributed by atoms with Gasteiger partial charge in [0.05, 0.1) is 6.61 Å². The molecule has 1 aliphatic rings. The van der Waals surface area contributed by atoms with Gasteiger partial charge in [0.2, 0.25) is 0 Å². The Morgan fingerprint density at radius 3 is 2.74 bits per heavy atom. The predicted molar refractivity (Wildman–Crippen MR) is 82.4 cm³/mol. The standard InChI is InChI=1S/C16H34N2O/c1-14(2)11-17-12-16(13-18(4)8-9-19)7-5-6-15(3)10-16/h14-15,17,19H,5-13H2,1-4H3. The Kier molecular flexibility index (Phi) is 7.33. The number of aliphatic hydroxyl groups excluding tert-OH is 1. The van der Waals surface area contributed by atoms with E-state index >= 15 is 0 Å². The minimum atomic E-state index is 0.265. The molecular formula is C16H34N2O. The van der Waals surface area contributed by atoms with Gasteiger partial charge in [0, 0.05) is 19.6 Å². The van der Waals surface area contributed by atoms with Crippen molar-refractivity contribution in [1.29, 1.82) is 0 Å². The highest BCUT2D eigenvalue weighted by Crippen LogP contribution is 2.39. The average Bonchev–Trinajstić information content (AvgIpc) is 2.28. The van der Waals surface area contributed by atoms with Gasteiger partial charge in [0.1, 0.15) is 0 Å². The molecule has 3 heteroatoms. The Morgan fingerprint density at radius 1 is 1.42 bits per heavy atom. The Morgan fingerprint density at radius 2 is 2.16 bits per heavy atom. The van der Waals surface area contributed by atoms with Crippen molar-refractivity contribution >= 4 is 0 Å². The maximum absolute atomic E-state index is 9.09. The fraction of sp³-hybridized carbons (Fsp3) is 1.00. The van der Waals surface area contributed by atoms with Crippen molar-refractivity contribution in [3.63, 3.8) is 0 Å². The lowest BCUT2D eigenvalue weighted by Gasteiger charge is -2.43. The molecule has 0 heterocycles. The van der Waals surface area contributed by atoms with E-state index in [1.54, 1.807) is 0 Å². The summed E-state index contributed by atoms with van der Waals surface area (Å²) in [5, 5.41) is 12.8. The van der Waals surface area contributed by atoms with Crippen LogP contribution in [0, 0.1) is 17.3 Å². The first-order chi connectivity index (χ1) is 8.97. The number of aliphatic hydroxyl groups is 1. The van der Waals surface area contributed by atoms with Gasteiger partial charge in [0.15, 0.2) is 0 Å². The lowest BCUT2D eigenvalue weighted by atomic mass is 9.69. The molecule has 2 unspecified atom stereocenters. The van der Waals surface area contributed by atoms with Crippen molar-refractivity contribution in [2.45, 2.75) is 46.5 Å². The Labute approximate surface area is 119 Å². The van der Waals surface area contributed by atoms with Crippen LogP contribution in [0.5, 0.6) is 0 Å². The molecule has 19 heavy (non-hydrogen) atoms. The quantitative estimate of drug-likeness (QED) is 0.711. The van der Waals surface area contributed by atoms with Crippen LogP contribution in [0.25, 0.3) is 0 Å². The SMILES string of the molecule is CC(C)CNCC1(CN(C)CCO)CCCC(C)C1. The summed E-state index contributed by atoms with van der Waals surface area (Å²) < 4.78 is 0. The van der Waals surface area contributed by atoms with Gasteiger partial charge in [0.25, 0.3) is 0 Å². The summed E-state index contributed by atoms with van der Waals surface area (Å²) in [7, 11) is 2.14. The van der Waals surface area contributed by atoms with E-state index < -0.39 is 0 Å². The molecule has 0 aromatic heterocycles. The number of nitrogens with one attached hydrogen (secondary N) is 1. The maximum atomic E-state index is 9.09. The van der Waals surface area contributed by atoms with Crippen LogP contribution in [-0.2, 0) is 0 Å². The number of likely N-dealkylation sites (N-methyl/N-ethyl adjacent to an activating group) is 1. The first kappa shape index (κ1) is 16.9. The van der Waals surface area contributed by atoms with Crippen LogP contribution in [0.15, 0.2) is 0 Å². The lowest BCUT2D eigenvalue weighted by molar-refractivity contribution is 0.0827. The maximum Gasteiger partial charge on any atom is 0.0558 e. The van der Waals surface area contributed by atoms with E-state index in [4.69, 9.17) is 5.11 Å². The van der Waals surface area contributed by atoms with E-state index in [1.807, 2.05) is 0 Å². The Balaban J connectivity index is 2.55. The number of hydrogen-bond donors (Lipinski definition) is 2. The summed E-state index contributed by atoms with van der Waals surface area (Å²) in [6, 6.07) is 0. The Hall–Kier alpha value is -0.120. The fourth-order valence-electron chi connectivity index (χ4n) is 3.58. The molecular weight excluding hydrogens is 236 g/mol. The average molecular weight is 270 g/mol. The molecule has 0 bridgehead atoms. The molecule has 1 aliphatic carbocycles. The third-order valence-electron chi connectivity index (χ3n) is 4.33. The molecule has 1 rings (SSSR count). The summed E-state index contributed by atoms with van der Waals surface area (Å²) >= 11 is 0. The van der Waals surface area contributed by atoms with Crippen LogP contribution >= 0.6 is 0 Å². The van der Waals surface area contributed by atoms with E-state index in [1.165, 1.54) is 25.7 Å². The second-order valence-corrected chi connectivity index (χ2v) is 7.19. The minimum Gasteiger partial charge on any atom is -0.395 e. The molecule has 114 valence electrons. The lowest BCUT2D eigenvalue weighted by Crippen LogP contribution is -2.46. The molecule has 2 atom stereocenters. The molecule has 1 fully saturated rings. The molecule has 0 radical (unpaired) electrons. The van der Waals surface area contributed by atoms with Crippen LogP contribution in [0.1, 0.15) is 46.5 Å². The smallest absolute Gasteiger partial charge is 0.0558 e. The topological polar surface area (TPSA) is 35.5 Å². The predicted octanol–water partition coefficient (Wildman–Crippen LogP) is 2.35. The summed E-state index contributed by atoms with van der Waals surface area (Å²) in [6.07, 6.45) is 5.40. The number of rotatable bonds is 8. The first-order valence-electron chi connectivity index (χ1n) is 7.97. The molecule has 1 saturated carbocycles. The van der Waals surface area contributed by atoms with Gasteiger partial charge in [-0.05, 0) is 43.7 Å². The van der Waals surface area contributed by atoms with E-state index in [0.717, 1.165) is 32.1 Å². The van der Waals surface area contributed by atoms with Crippen LogP contribution < -0.4 is 5.32 Å². The molecule has 0 aromatic rings. The molecule has 0 aliphatic heterocycles. The van der Waals surface area contributed by atoms with Gasteiger partial charge in [-0.25, -0.2) is 0 Å². The molecule has 0 spiro atoms. The molecule has 0 saturated heterocycles. The van der Waals surface area contributed by atoms with Crippen molar-refractivity contribution in [3.8, 4) is 0 Å².